The summed E-state index contributed by atoms with van der Waals surface area (Å²) in [6, 6.07) is 0. The second-order valence-corrected chi connectivity index (χ2v) is 2.53. The van der Waals surface area contributed by atoms with E-state index in [4.69, 9.17) is 4.74 Å². The fourth-order valence-corrected chi connectivity index (χ4v) is 0.681. The van der Waals surface area contributed by atoms with Crippen LogP contribution in [0.2, 0.25) is 0 Å². The normalized spacial score (nSPS) is 11.2. The van der Waals surface area contributed by atoms with E-state index in [1.54, 1.807) is 13.8 Å². The van der Waals surface area contributed by atoms with Gasteiger partial charge in [0.05, 0.1) is 13.2 Å². The smallest absolute Gasteiger partial charge is 0.436 e. The molecule has 0 spiro atoms. The Morgan fingerprint density at radius 3 is 2.54 bits per heavy atom. The van der Waals surface area contributed by atoms with Gasteiger partial charge < -0.3 is 9.47 Å². The zero-order chi connectivity index (χ0) is 10.1. The van der Waals surface area contributed by atoms with Crippen LogP contribution in [-0.2, 0) is 9.47 Å². The van der Waals surface area contributed by atoms with Crippen LogP contribution in [0.3, 0.4) is 0 Å². The first-order chi connectivity index (χ1) is 6.20. The van der Waals surface area contributed by atoms with Crippen molar-refractivity contribution in [1.29, 1.82) is 0 Å². The van der Waals surface area contributed by atoms with E-state index in [1.165, 1.54) is 0 Å². The van der Waals surface area contributed by atoms with Crippen LogP contribution < -0.4 is 0 Å². The van der Waals surface area contributed by atoms with Gasteiger partial charge in [-0.25, -0.2) is 4.79 Å². The fourth-order valence-electron chi connectivity index (χ4n) is 0.681. The van der Waals surface area contributed by atoms with Crippen LogP contribution in [0.4, 0.5) is 4.79 Å². The van der Waals surface area contributed by atoms with Crippen molar-refractivity contribution < 1.29 is 14.3 Å². The molecule has 0 fully saturated rings. The third kappa shape index (κ3) is 7.31. The second kappa shape index (κ2) is 7.58. The van der Waals surface area contributed by atoms with Gasteiger partial charge in [0.15, 0.2) is 5.90 Å². The zero-order valence-electron chi connectivity index (χ0n) is 8.50. The Bertz CT molecular complexity index is 178. The summed E-state index contributed by atoms with van der Waals surface area (Å²) in [5.41, 5.74) is 0. The number of unbranched alkanes of at least 4 members (excludes halogenated alkanes) is 1. The van der Waals surface area contributed by atoms with Crippen LogP contribution in [0, 0.1) is 0 Å². The molecule has 0 aromatic carbocycles. The van der Waals surface area contributed by atoms with Gasteiger partial charge in [0.1, 0.15) is 0 Å². The molecule has 4 nitrogen and oxygen atoms in total. The number of ether oxygens (including phenoxy) is 2. The van der Waals surface area contributed by atoms with Crippen molar-refractivity contribution >= 4 is 12.0 Å². The van der Waals surface area contributed by atoms with E-state index in [1.807, 2.05) is 0 Å². The summed E-state index contributed by atoms with van der Waals surface area (Å²) in [6.07, 6.45) is 1.44. The first-order valence-corrected chi connectivity index (χ1v) is 4.55. The van der Waals surface area contributed by atoms with E-state index in [9.17, 15) is 4.79 Å². The number of carbonyl (C=O) groups is 1. The molecule has 0 N–H and O–H groups in total. The summed E-state index contributed by atoms with van der Waals surface area (Å²) >= 11 is 0. The number of amides is 1. The van der Waals surface area contributed by atoms with Crippen molar-refractivity contribution in [2.24, 2.45) is 4.99 Å². The summed E-state index contributed by atoms with van der Waals surface area (Å²) in [5, 5.41) is 0. The molecule has 4 heteroatoms. The third-order valence-corrected chi connectivity index (χ3v) is 1.33. The monoisotopic (exact) mass is 187 g/mol. The average Bonchev–Trinajstić information content (AvgIpc) is 2.05. The summed E-state index contributed by atoms with van der Waals surface area (Å²) in [7, 11) is 0. The number of hydrogen-bond acceptors (Lipinski definition) is 3. The predicted octanol–water partition coefficient (Wildman–Crippen LogP) is 2.38. The number of hydrogen-bond donors (Lipinski definition) is 0. The molecule has 1 amide bonds. The third-order valence-electron chi connectivity index (χ3n) is 1.33. The van der Waals surface area contributed by atoms with Crippen LogP contribution in [-0.4, -0.2) is 25.2 Å². The lowest BCUT2D eigenvalue weighted by Crippen LogP contribution is -2.06. The van der Waals surface area contributed by atoms with Crippen LogP contribution in [0.25, 0.3) is 0 Å². The molecule has 13 heavy (non-hydrogen) atoms. The molecule has 0 heterocycles. The lowest BCUT2D eigenvalue weighted by Gasteiger charge is -2.03. The Balaban J connectivity index is 3.67. The molecule has 0 bridgehead atoms. The van der Waals surface area contributed by atoms with E-state index in [0.29, 0.717) is 19.1 Å². The van der Waals surface area contributed by atoms with Crippen molar-refractivity contribution in [1.82, 2.24) is 0 Å². The zero-order valence-corrected chi connectivity index (χ0v) is 8.50. The van der Waals surface area contributed by atoms with Gasteiger partial charge in [-0.05, 0) is 13.3 Å². The highest BCUT2D eigenvalue weighted by molar-refractivity contribution is 5.86. The van der Waals surface area contributed by atoms with Crippen LogP contribution in [0.1, 0.15) is 33.6 Å². The average molecular weight is 187 g/mol. The molecule has 0 aliphatic carbocycles. The van der Waals surface area contributed by atoms with Gasteiger partial charge in [-0.1, -0.05) is 13.3 Å². The molecule has 0 aromatic rings. The Hall–Kier alpha value is -1.06. The highest BCUT2D eigenvalue weighted by Crippen LogP contribution is 1.92. The molecule has 0 rings (SSSR count). The fraction of sp³-hybridized carbons (Fsp3) is 0.778. The molecule has 76 valence electrons. The Morgan fingerprint density at radius 1 is 1.31 bits per heavy atom. The van der Waals surface area contributed by atoms with Gasteiger partial charge in [-0.3, -0.25) is 0 Å². The standard InChI is InChI=1S/C9H17NO3/c1-4-6-7-13-8(3)10-9(11)12-5-2/h4-7H2,1-3H3. The first-order valence-electron chi connectivity index (χ1n) is 4.55. The van der Waals surface area contributed by atoms with Gasteiger partial charge in [-0.2, -0.15) is 0 Å². The maximum Gasteiger partial charge on any atom is 0.436 e. The van der Waals surface area contributed by atoms with Crippen molar-refractivity contribution in [3.8, 4) is 0 Å². The van der Waals surface area contributed by atoms with Crippen molar-refractivity contribution in [2.75, 3.05) is 13.2 Å². The van der Waals surface area contributed by atoms with Gasteiger partial charge in [0, 0.05) is 6.92 Å². The van der Waals surface area contributed by atoms with Gasteiger partial charge in [-0.15, -0.1) is 4.99 Å². The minimum Gasteiger partial charge on any atom is -0.481 e. The van der Waals surface area contributed by atoms with Gasteiger partial charge in [0.25, 0.3) is 0 Å². The Kier molecular flexibility index (Phi) is 6.96. The number of rotatable bonds is 4. The van der Waals surface area contributed by atoms with E-state index in [0.717, 1.165) is 12.8 Å². The van der Waals surface area contributed by atoms with Crippen molar-refractivity contribution in [3.05, 3.63) is 0 Å². The van der Waals surface area contributed by atoms with Gasteiger partial charge >= 0.3 is 6.09 Å². The molecule has 0 saturated heterocycles. The molecule has 0 unspecified atom stereocenters. The molecule has 0 radical (unpaired) electrons. The molecular weight excluding hydrogens is 170 g/mol. The summed E-state index contributed by atoms with van der Waals surface area (Å²) in [4.78, 5) is 14.4. The van der Waals surface area contributed by atoms with E-state index >= 15 is 0 Å². The molecular formula is C9H17NO3. The minimum atomic E-state index is -0.587. The molecule has 0 atom stereocenters. The number of aliphatic imine (C=N–C) groups is 1. The largest absolute Gasteiger partial charge is 0.481 e. The maximum absolute atomic E-state index is 10.8. The van der Waals surface area contributed by atoms with Crippen molar-refractivity contribution in [2.45, 2.75) is 33.6 Å². The van der Waals surface area contributed by atoms with E-state index < -0.39 is 6.09 Å². The highest BCUT2D eigenvalue weighted by Gasteiger charge is 1.99. The molecule has 0 aliphatic heterocycles. The summed E-state index contributed by atoms with van der Waals surface area (Å²) < 4.78 is 9.76. The molecule has 0 aromatic heterocycles. The summed E-state index contributed by atoms with van der Waals surface area (Å²) in [6.45, 7) is 6.39. The van der Waals surface area contributed by atoms with E-state index in [2.05, 4.69) is 16.7 Å². The Morgan fingerprint density at radius 2 is 2.00 bits per heavy atom. The second-order valence-electron chi connectivity index (χ2n) is 2.53. The number of nitrogens with zero attached hydrogens (tertiary/aromatic N) is 1. The van der Waals surface area contributed by atoms with Crippen molar-refractivity contribution in [3.63, 3.8) is 0 Å². The Labute approximate surface area is 78.9 Å². The van der Waals surface area contributed by atoms with Crippen LogP contribution >= 0.6 is 0 Å². The van der Waals surface area contributed by atoms with Crippen LogP contribution in [0.15, 0.2) is 4.99 Å². The summed E-state index contributed by atoms with van der Waals surface area (Å²) in [5.74, 6) is 0.368. The SMILES string of the molecule is CCCCOC(C)=NC(=O)OCC. The highest BCUT2D eigenvalue weighted by atomic mass is 16.6. The quantitative estimate of drug-likeness (QED) is 0.385. The molecule has 0 saturated carbocycles. The minimum absolute atomic E-state index is 0.338. The number of carbonyl (C=O) groups excluding carboxylic acids is 1. The molecule has 0 aliphatic rings. The van der Waals surface area contributed by atoms with Gasteiger partial charge in [0.2, 0.25) is 0 Å². The lowest BCUT2D eigenvalue weighted by molar-refractivity contribution is 0.162. The first kappa shape index (κ1) is 11.9. The lowest BCUT2D eigenvalue weighted by atomic mass is 10.4. The maximum atomic E-state index is 10.8. The van der Waals surface area contributed by atoms with E-state index in [-0.39, 0.29) is 0 Å². The predicted molar refractivity (Wildman–Crippen MR) is 51.0 cm³/mol. The topological polar surface area (TPSA) is 47.9 Å². The van der Waals surface area contributed by atoms with Crippen LogP contribution in [0.5, 0.6) is 0 Å².